The molecule has 20 heavy (non-hydrogen) atoms. The molecule has 0 aliphatic carbocycles. The first kappa shape index (κ1) is 14.3. The second kappa shape index (κ2) is 5.91. The topological polar surface area (TPSA) is 133 Å². The van der Waals surface area contributed by atoms with Gasteiger partial charge in [-0.05, 0) is 18.9 Å². The summed E-state index contributed by atoms with van der Waals surface area (Å²) in [5.41, 5.74) is 7.84. The van der Waals surface area contributed by atoms with Crippen molar-refractivity contribution in [3.05, 3.63) is 43.0 Å². The van der Waals surface area contributed by atoms with E-state index < -0.39 is 23.6 Å². The molecule has 0 bridgehead atoms. The fourth-order valence-electron chi connectivity index (χ4n) is 2.23. The molecule has 1 aromatic heterocycles. The molecule has 0 unspecified atom stereocenters. The molecular formula is C11H15N5O4. The highest BCUT2D eigenvalue weighted by Crippen LogP contribution is 2.28. The zero-order chi connectivity index (χ0) is 14.7. The molecule has 1 saturated heterocycles. The number of nitrogens with one attached hydrogen (secondary N) is 1. The highest BCUT2D eigenvalue weighted by Gasteiger charge is 2.30. The van der Waals surface area contributed by atoms with E-state index in [-0.39, 0.29) is 12.6 Å². The Labute approximate surface area is 113 Å². The number of nitrogens with zero attached hydrogens (tertiary/aromatic N) is 4. The molecule has 1 aliphatic rings. The Balaban J connectivity index is 2.35. The molecule has 0 amide bonds. The van der Waals surface area contributed by atoms with Gasteiger partial charge in [-0.3, -0.25) is 14.3 Å². The average molecular weight is 281 g/mol. The lowest BCUT2D eigenvalue weighted by molar-refractivity contribution is -0.114. The largest absolute Gasteiger partial charge is 0.394 e. The summed E-state index contributed by atoms with van der Waals surface area (Å²) in [5, 5.41) is 12.8. The van der Waals surface area contributed by atoms with Gasteiger partial charge in [-0.15, -0.1) is 0 Å². The van der Waals surface area contributed by atoms with Gasteiger partial charge in [0.1, 0.15) is 6.23 Å². The highest BCUT2D eigenvalue weighted by molar-refractivity contribution is 5.01. The van der Waals surface area contributed by atoms with Gasteiger partial charge in [0.2, 0.25) is 0 Å². The summed E-state index contributed by atoms with van der Waals surface area (Å²) >= 11 is 0. The van der Waals surface area contributed by atoms with Gasteiger partial charge < -0.3 is 9.84 Å². The minimum absolute atomic E-state index is 0.231. The zero-order valence-corrected chi connectivity index (χ0v) is 10.9. The van der Waals surface area contributed by atoms with Crippen molar-refractivity contribution in [3.63, 3.8) is 0 Å². The normalized spacial score (nSPS) is 26.0. The lowest BCUT2D eigenvalue weighted by Gasteiger charge is -2.33. The number of hydrogen-bond donors (Lipinski definition) is 2. The first-order valence-electron chi connectivity index (χ1n) is 6.17. The molecule has 2 rings (SSSR count). The van der Waals surface area contributed by atoms with E-state index in [1.54, 1.807) is 6.92 Å². The fourth-order valence-corrected chi connectivity index (χ4v) is 2.23. The van der Waals surface area contributed by atoms with Crippen LogP contribution in [0.3, 0.4) is 0 Å². The van der Waals surface area contributed by atoms with Gasteiger partial charge in [0, 0.05) is 29.1 Å². The van der Waals surface area contributed by atoms with Gasteiger partial charge in [-0.25, -0.2) is 4.79 Å². The molecule has 9 nitrogen and oxygen atoms in total. The monoisotopic (exact) mass is 281 g/mol. The first-order valence-corrected chi connectivity index (χ1v) is 6.17. The molecule has 1 fully saturated rings. The van der Waals surface area contributed by atoms with E-state index in [0.717, 1.165) is 0 Å². The minimum atomic E-state index is -0.681. The maximum atomic E-state index is 11.8. The van der Waals surface area contributed by atoms with Crippen molar-refractivity contribution in [1.82, 2.24) is 9.55 Å². The van der Waals surface area contributed by atoms with Crippen LogP contribution >= 0.6 is 0 Å². The van der Waals surface area contributed by atoms with E-state index >= 15 is 0 Å². The van der Waals surface area contributed by atoms with Gasteiger partial charge in [0.05, 0.1) is 12.7 Å². The smallest absolute Gasteiger partial charge is 0.330 e. The molecule has 3 atom stereocenters. The van der Waals surface area contributed by atoms with Crippen molar-refractivity contribution in [1.29, 1.82) is 0 Å². The van der Waals surface area contributed by atoms with Gasteiger partial charge >= 0.3 is 5.69 Å². The Morgan fingerprint density at radius 2 is 2.35 bits per heavy atom. The maximum Gasteiger partial charge on any atom is 0.330 e. The van der Waals surface area contributed by atoms with E-state index in [4.69, 9.17) is 10.3 Å². The van der Waals surface area contributed by atoms with Gasteiger partial charge in [-0.2, -0.15) is 0 Å². The second-order valence-corrected chi connectivity index (χ2v) is 4.70. The number of aryl methyl sites for hydroxylation is 1. The molecule has 1 aliphatic heterocycles. The molecule has 108 valence electrons. The predicted molar refractivity (Wildman–Crippen MR) is 69.2 cm³/mol. The lowest BCUT2D eigenvalue weighted by atomic mass is 10.0. The Kier molecular flexibility index (Phi) is 4.23. The van der Waals surface area contributed by atoms with Gasteiger partial charge in [0.25, 0.3) is 5.56 Å². The maximum absolute atomic E-state index is 11.8. The van der Waals surface area contributed by atoms with Crippen molar-refractivity contribution in [2.75, 3.05) is 6.61 Å². The van der Waals surface area contributed by atoms with E-state index in [2.05, 4.69) is 15.0 Å². The number of aliphatic hydroxyl groups is 1. The fraction of sp³-hybridized carbons (Fsp3) is 0.636. The van der Waals surface area contributed by atoms with Gasteiger partial charge in [-0.1, -0.05) is 5.11 Å². The minimum Gasteiger partial charge on any atom is -0.394 e. The van der Waals surface area contributed by atoms with Crippen molar-refractivity contribution in [3.8, 4) is 0 Å². The quantitative estimate of drug-likeness (QED) is 0.464. The van der Waals surface area contributed by atoms with Crippen molar-refractivity contribution >= 4 is 0 Å². The van der Waals surface area contributed by atoms with Crippen molar-refractivity contribution in [2.45, 2.75) is 38.1 Å². The zero-order valence-electron chi connectivity index (χ0n) is 10.9. The number of aromatic amines is 1. The van der Waals surface area contributed by atoms with Crippen LogP contribution in [0.4, 0.5) is 0 Å². The second-order valence-electron chi connectivity index (χ2n) is 4.70. The van der Waals surface area contributed by atoms with E-state index in [0.29, 0.717) is 18.4 Å². The highest BCUT2D eigenvalue weighted by atomic mass is 16.5. The lowest BCUT2D eigenvalue weighted by Crippen LogP contribution is -2.41. The molecule has 2 N–H and O–H groups in total. The summed E-state index contributed by atoms with van der Waals surface area (Å²) in [7, 11) is 0. The van der Waals surface area contributed by atoms with Crippen LogP contribution in [-0.2, 0) is 4.74 Å². The van der Waals surface area contributed by atoms with Crippen LogP contribution in [-0.4, -0.2) is 33.4 Å². The SMILES string of the molecule is Cc1cn([C@H]2C[C@H](N=[N+]=[N-])C[C@@H](CO)O2)c(=O)[nH]c1=O. The number of H-pyrrole nitrogens is 1. The molecule has 0 radical (unpaired) electrons. The summed E-state index contributed by atoms with van der Waals surface area (Å²) in [6.45, 7) is 1.34. The summed E-state index contributed by atoms with van der Waals surface area (Å²) in [6.07, 6.45) is 0.918. The van der Waals surface area contributed by atoms with E-state index in [1.165, 1.54) is 10.8 Å². The first-order chi connectivity index (χ1) is 9.55. The Hall–Kier alpha value is -2.09. The number of aromatic nitrogens is 2. The number of hydrogen-bond acceptors (Lipinski definition) is 5. The summed E-state index contributed by atoms with van der Waals surface area (Å²) in [6, 6.07) is -0.366. The Bertz CT molecular complexity index is 645. The third-order valence-electron chi connectivity index (χ3n) is 3.23. The van der Waals surface area contributed by atoms with Gasteiger partial charge in [0.15, 0.2) is 0 Å². The third kappa shape index (κ3) is 2.90. The van der Waals surface area contributed by atoms with E-state index in [9.17, 15) is 14.7 Å². The molecule has 0 aromatic carbocycles. The molecule has 1 aromatic rings. The summed E-state index contributed by atoms with van der Waals surface area (Å²) < 4.78 is 6.83. The molecular weight excluding hydrogens is 266 g/mol. The Morgan fingerprint density at radius 3 is 3.00 bits per heavy atom. The van der Waals surface area contributed by atoms with Crippen LogP contribution in [0, 0.1) is 6.92 Å². The number of ether oxygens (including phenoxy) is 1. The number of aliphatic hydroxyl groups excluding tert-OH is 1. The molecule has 0 saturated carbocycles. The number of rotatable bonds is 3. The molecule has 0 spiro atoms. The van der Waals surface area contributed by atoms with E-state index in [1.807, 2.05) is 0 Å². The van der Waals surface area contributed by atoms with Crippen LogP contribution in [0.5, 0.6) is 0 Å². The van der Waals surface area contributed by atoms with Crippen LogP contribution in [0.2, 0.25) is 0 Å². The number of azide groups is 1. The Morgan fingerprint density at radius 1 is 1.60 bits per heavy atom. The summed E-state index contributed by atoms with van der Waals surface area (Å²) in [5.74, 6) is 0. The van der Waals surface area contributed by atoms with Crippen LogP contribution in [0.1, 0.15) is 24.6 Å². The van der Waals surface area contributed by atoms with Crippen LogP contribution < -0.4 is 11.2 Å². The molecule has 2 heterocycles. The van der Waals surface area contributed by atoms with Crippen molar-refractivity contribution in [2.24, 2.45) is 5.11 Å². The van der Waals surface area contributed by atoms with Crippen LogP contribution in [0.25, 0.3) is 10.4 Å². The van der Waals surface area contributed by atoms with Crippen molar-refractivity contribution < 1.29 is 9.84 Å². The van der Waals surface area contributed by atoms with Crippen LogP contribution in [0.15, 0.2) is 20.9 Å². The average Bonchev–Trinajstić information content (AvgIpc) is 2.42. The molecule has 9 heteroatoms. The predicted octanol–water partition coefficient (Wildman–Crippen LogP) is 0.194. The third-order valence-corrected chi connectivity index (χ3v) is 3.23. The standard InChI is InChI=1S/C11H15N5O4/c1-6-4-16(11(19)13-10(6)18)9-3-7(14-15-12)2-8(5-17)20-9/h4,7-9,17H,2-3,5H2,1H3,(H,13,18,19)/t7-,8+,9-/m1/s1. The summed E-state index contributed by atoms with van der Waals surface area (Å²) in [4.78, 5) is 28.1.